The maximum atomic E-state index is 9.08. The third-order valence-corrected chi connectivity index (χ3v) is 5.20. The fraction of sp³-hybridized carbons (Fsp3) is 0.792. The van der Waals surface area contributed by atoms with Crippen molar-refractivity contribution in [3.63, 3.8) is 0 Å². The number of nitriles is 1. The van der Waals surface area contributed by atoms with Gasteiger partial charge in [0.05, 0.1) is 18.4 Å². The summed E-state index contributed by atoms with van der Waals surface area (Å²) in [6.07, 6.45) is 8.13. The molecule has 1 aromatic rings. The molecule has 1 aromatic heterocycles. The average molecular weight is 403 g/mol. The van der Waals surface area contributed by atoms with Crippen LogP contribution in [0.15, 0.2) is 0 Å². The van der Waals surface area contributed by atoms with Gasteiger partial charge in [0.1, 0.15) is 5.82 Å². The van der Waals surface area contributed by atoms with E-state index < -0.39 is 0 Å². The Morgan fingerprint density at radius 2 is 1.79 bits per heavy atom. The Bertz CT molecular complexity index is 626. The van der Waals surface area contributed by atoms with E-state index in [0.717, 1.165) is 50.3 Å². The van der Waals surface area contributed by atoms with Gasteiger partial charge >= 0.3 is 6.01 Å². The van der Waals surface area contributed by atoms with Crippen LogP contribution in [0.1, 0.15) is 91.3 Å². The van der Waals surface area contributed by atoms with E-state index in [9.17, 15) is 0 Å². The maximum absolute atomic E-state index is 9.08. The van der Waals surface area contributed by atoms with Crippen LogP contribution in [-0.4, -0.2) is 29.7 Å². The smallest absolute Gasteiger partial charge is 0.318 e. The molecule has 29 heavy (non-hydrogen) atoms. The number of unbranched alkanes of at least 4 members (excludes halogenated alkanes) is 1. The highest BCUT2D eigenvalue weighted by molar-refractivity contribution is 5.50. The molecule has 5 heteroatoms. The van der Waals surface area contributed by atoms with Gasteiger partial charge in [0.2, 0.25) is 0 Å². The summed E-state index contributed by atoms with van der Waals surface area (Å²) >= 11 is 0. The number of hydrogen-bond donors (Lipinski definition) is 0. The Morgan fingerprint density at radius 3 is 2.38 bits per heavy atom. The molecule has 164 valence electrons. The second-order valence-corrected chi connectivity index (χ2v) is 8.33. The summed E-state index contributed by atoms with van der Waals surface area (Å²) in [5, 5.41) is 9.08. The molecular formula is C24H42N4O. The molecule has 0 amide bonds. The van der Waals surface area contributed by atoms with E-state index in [-0.39, 0.29) is 0 Å². The normalized spacial score (nSPS) is 13.0. The van der Waals surface area contributed by atoms with Crippen molar-refractivity contribution >= 4 is 5.82 Å². The van der Waals surface area contributed by atoms with Crippen LogP contribution in [-0.2, 0) is 12.8 Å². The molecule has 0 spiro atoms. The summed E-state index contributed by atoms with van der Waals surface area (Å²) in [6, 6.07) is 2.81. The summed E-state index contributed by atoms with van der Waals surface area (Å²) in [5.74, 6) is 1.82. The zero-order valence-electron chi connectivity index (χ0n) is 19.6. The van der Waals surface area contributed by atoms with Crippen molar-refractivity contribution in [3.8, 4) is 12.1 Å². The van der Waals surface area contributed by atoms with E-state index in [2.05, 4.69) is 52.5 Å². The molecule has 1 rings (SSSR count). The van der Waals surface area contributed by atoms with Gasteiger partial charge in [0, 0.05) is 25.1 Å². The predicted molar refractivity (Wildman–Crippen MR) is 121 cm³/mol. The minimum Gasteiger partial charge on any atom is -0.463 e. The van der Waals surface area contributed by atoms with E-state index in [1.54, 1.807) is 0 Å². The molecule has 1 heterocycles. The minimum absolute atomic E-state index is 0.305. The van der Waals surface area contributed by atoms with Gasteiger partial charge in [-0.1, -0.05) is 60.8 Å². The first kappa shape index (κ1) is 25.2. The third-order valence-electron chi connectivity index (χ3n) is 5.20. The fourth-order valence-corrected chi connectivity index (χ4v) is 3.62. The molecule has 1 unspecified atom stereocenters. The highest BCUT2D eigenvalue weighted by Crippen LogP contribution is 2.27. The first-order chi connectivity index (χ1) is 14.0. The van der Waals surface area contributed by atoms with Gasteiger partial charge < -0.3 is 9.64 Å². The number of aryl methyl sites for hydroxylation is 1. The second kappa shape index (κ2) is 14.2. The van der Waals surface area contributed by atoms with E-state index in [4.69, 9.17) is 20.0 Å². The van der Waals surface area contributed by atoms with E-state index >= 15 is 0 Å². The first-order valence-corrected chi connectivity index (χ1v) is 11.6. The first-order valence-electron chi connectivity index (χ1n) is 11.6. The summed E-state index contributed by atoms with van der Waals surface area (Å²) in [6.45, 7) is 15.6. The molecular weight excluding hydrogens is 360 g/mol. The van der Waals surface area contributed by atoms with Gasteiger partial charge in [-0.25, -0.2) is 0 Å². The van der Waals surface area contributed by atoms with E-state index in [1.165, 1.54) is 24.8 Å². The summed E-state index contributed by atoms with van der Waals surface area (Å²) in [7, 11) is 0. The monoisotopic (exact) mass is 402 g/mol. The van der Waals surface area contributed by atoms with Crippen molar-refractivity contribution in [2.75, 3.05) is 24.6 Å². The predicted octanol–water partition coefficient (Wildman–Crippen LogP) is 5.96. The third kappa shape index (κ3) is 8.60. The zero-order chi connectivity index (χ0) is 21.6. The maximum Gasteiger partial charge on any atom is 0.318 e. The fourth-order valence-electron chi connectivity index (χ4n) is 3.62. The van der Waals surface area contributed by atoms with Crippen LogP contribution in [0.2, 0.25) is 0 Å². The van der Waals surface area contributed by atoms with Crippen molar-refractivity contribution < 1.29 is 4.74 Å². The number of ether oxygens (including phenoxy) is 1. The molecule has 0 bridgehead atoms. The van der Waals surface area contributed by atoms with E-state index in [0.29, 0.717) is 30.9 Å². The van der Waals surface area contributed by atoms with Crippen LogP contribution >= 0.6 is 0 Å². The molecule has 0 saturated heterocycles. The zero-order valence-corrected chi connectivity index (χ0v) is 19.6. The van der Waals surface area contributed by atoms with Gasteiger partial charge in [-0.2, -0.15) is 15.2 Å². The van der Waals surface area contributed by atoms with Crippen LogP contribution in [0.3, 0.4) is 0 Å². The second-order valence-electron chi connectivity index (χ2n) is 8.33. The molecule has 0 radical (unpaired) electrons. The van der Waals surface area contributed by atoms with Crippen LogP contribution < -0.4 is 9.64 Å². The standard InChI is InChI=1S/C24H42N4O/c1-7-11-13-20(6)18-29-24-26-22(10-4)21(12-8-2)23(27-24)28(16-9-3)17-19(5)14-15-25/h19-20H,7-14,16-18H2,1-6H3/t19?,20-/m0/s1. The van der Waals surface area contributed by atoms with Crippen LogP contribution in [0, 0.1) is 23.2 Å². The average Bonchev–Trinajstić information content (AvgIpc) is 2.71. The molecule has 5 nitrogen and oxygen atoms in total. The van der Waals surface area contributed by atoms with Crippen LogP contribution in [0.5, 0.6) is 6.01 Å². The van der Waals surface area contributed by atoms with Gasteiger partial charge in [0.25, 0.3) is 0 Å². The summed E-state index contributed by atoms with van der Waals surface area (Å²) in [5.41, 5.74) is 2.35. The summed E-state index contributed by atoms with van der Waals surface area (Å²) < 4.78 is 6.06. The van der Waals surface area contributed by atoms with Gasteiger partial charge in [-0.3, -0.25) is 0 Å². The topological polar surface area (TPSA) is 62.0 Å². The SMILES string of the molecule is CCCC[C@H](C)COc1nc(CC)c(CCC)c(N(CCC)CC(C)CC#N)n1. The van der Waals surface area contributed by atoms with Crippen molar-refractivity contribution in [2.45, 2.75) is 92.9 Å². The number of hydrogen-bond acceptors (Lipinski definition) is 5. The van der Waals surface area contributed by atoms with Gasteiger partial charge in [0.15, 0.2) is 0 Å². The lowest BCUT2D eigenvalue weighted by Crippen LogP contribution is -2.32. The Hall–Kier alpha value is -1.83. The number of nitrogens with zero attached hydrogens (tertiary/aromatic N) is 4. The molecule has 0 aliphatic rings. The molecule has 0 saturated carbocycles. The molecule has 0 N–H and O–H groups in total. The lowest BCUT2D eigenvalue weighted by molar-refractivity contribution is 0.231. The number of aromatic nitrogens is 2. The van der Waals surface area contributed by atoms with Gasteiger partial charge in [-0.05, 0) is 37.5 Å². The van der Waals surface area contributed by atoms with Crippen molar-refractivity contribution in [1.82, 2.24) is 9.97 Å². The van der Waals surface area contributed by atoms with E-state index in [1.807, 2.05) is 0 Å². The Balaban J connectivity index is 3.19. The molecule has 0 fully saturated rings. The highest BCUT2D eigenvalue weighted by Gasteiger charge is 2.20. The summed E-state index contributed by atoms with van der Waals surface area (Å²) in [4.78, 5) is 12.0. The Morgan fingerprint density at radius 1 is 1.03 bits per heavy atom. The molecule has 0 aliphatic heterocycles. The lowest BCUT2D eigenvalue weighted by atomic mass is 10.0. The number of rotatable bonds is 15. The Kier molecular flexibility index (Phi) is 12.3. The molecule has 0 aromatic carbocycles. The lowest BCUT2D eigenvalue weighted by Gasteiger charge is -2.29. The van der Waals surface area contributed by atoms with Crippen LogP contribution in [0.25, 0.3) is 0 Å². The molecule has 2 atom stereocenters. The Labute approximate surface area is 178 Å². The van der Waals surface area contributed by atoms with Crippen LogP contribution in [0.4, 0.5) is 5.82 Å². The minimum atomic E-state index is 0.305. The van der Waals surface area contributed by atoms with Gasteiger partial charge in [-0.15, -0.1) is 0 Å². The van der Waals surface area contributed by atoms with Crippen molar-refractivity contribution in [3.05, 3.63) is 11.3 Å². The molecule has 0 aliphatic carbocycles. The largest absolute Gasteiger partial charge is 0.463 e. The van der Waals surface area contributed by atoms with Crippen molar-refractivity contribution in [1.29, 1.82) is 5.26 Å². The quantitative estimate of drug-likeness (QED) is 0.362. The van der Waals surface area contributed by atoms with Crippen molar-refractivity contribution in [2.24, 2.45) is 11.8 Å². The highest BCUT2D eigenvalue weighted by atomic mass is 16.5. The number of anilines is 1.